The molecule has 0 aliphatic carbocycles. The van der Waals surface area contributed by atoms with Gasteiger partial charge >= 0.3 is 0 Å². The van der Waals surface area contributed by atoms with E-state index in [1.54, 1.807) is 13.8 Å². The van der Waals surface area contributed by atoms with E-state index in [0.29, 0.717) is 5.02 Å². The molecule has 15 heavy (non-hydrogen) atoms. The molecule has 80 valence electrons. The Morgan fingerprint density at radius 1 is 1.47 bits per heavy atom. The second-order valence-electron chi connectivity index (χ2n) is 3.16. The first-order valence-corrected chi connectivity index (χ1v) is 4.68. The van der Waals surface area contributed by atoms with Crippen molar-refractivity contribution in [2.45, 2.75) is 13.8 Å². The molecule has 2 N–H and O–H groups in total. The van der Waals surface area contributed by atoms with Crippen molar-refractivity contribution < 1.29 is 9.90 Å². The van der Waals surface area contributed by atoms with Gasteiger partial charge in [0, 0.05) is 10.7 Å². The highest BCUT2D eigenvalue weighted by molar-refractivity contribution is 6.30. The van der Waals surface area contributed by atoms with Gasteiger partial charge in [-0.25, -0.2) is 5.43 Å². The number of nitrogens with one attached hydrogen (secondary N) is 1. The molecular weight excluding hydrogens is 216 g/mol. The van der Waals surface area contributed by atoms with Crippen LogP contribution in [0, 0.1) is 0 Å². The summed E-state index contributed by atoms with van der Waals surface area (Å²) in [6.07, 6.45) is 0. The Morgan fingerprint density at radius 3 is 2.67 bits per heavy atom. The van der Waals surface area contributed by atoms with Gasteiger partial charge in [-0.15, -0.1) is 0 Å². The molecule has 0 aliphatic rings. The molecule has 0 aromatic heterocycles. The minimum Gasteiger partial charge on any atom is -0.507 e. The van der Waals surface area contributed by atoms with Crippen molar-refractivity contribution in [2.75, 3.05) is 0 Å². The number of phenols is 1. The first kappa shape index (κ1) is 11.5. The molecule has 0 bridgehead atoms. The molecular formula is C10H11ClN2O2. The fourth-order valence-electron chi connectivity index (χ4n) is 0.920. The zero-order valence-electron chi connectivity index (χ0n) is 8.41. The molecule has 0 spiro atoms. The van der Waals surface area contributed by atoms with Crippen molar-refractivity contribution in [3.8, 4) is 5.75 Å². The lowest BCUT2D eigenvalue weighted by Gasteiger charge is -2.03. The summed E-state index contributed by atoms with van der Waals surface area (Å²) in [5, 5.41) is 13.5. The fraction of sp³-hybridized carbons (Fsp3) is 0.200. The first-order chi connectivity index (χ1) is 7.00. The number of carbonyl (C=O) groups is 1. The maximum Gasteiger partial charge on any atom is 0.275 e. The van der Waals surface area contributed by atoms with Crippen LogP contribution in [-0.4, -0.2) is 16.7 Å². The quantitative estimate of drug-likeness (QED) is 0.600. The Hall–Kier alpha value is -1.55. The van der Waals surface area contributed by atoms with E-state index in [2.05, 4.69) is 10.5 Å². The van der Waals surface area contributed by atoms with Gasteiger partial charge in [-0.3, -0.25) is 4.79 Å². The Bertz CT molecular complexity index is 412. The van der Waals surface area contributed by atoms with E-state index in [4.69, 9.17) is 11.6 Å². The summed E-state index contributed by atoms with van der Waals surface area (Å²) in [5.74, 6) is -0.630. The number of rotatable bonds is 2. The monoisotopic (exact) mass is 226 g/mol. The molecule has 5 heteroatoms. The lowest BCUT2D eigenvalue weighted by atomic mass is 10.2. The molecule has 1 rings (SSSR count). The molecule has 0 saturated carbocycles. The summed E-state index contributed by atoms with van der Waals surface area (Å²) < 4.78 is 0. The third-order valence-corrected chi connectivity index (χ3v) is 1.82. The molecule has 1 amide bonds. The van der Waals surface area contributed by atoms with Gasteiger partial charge in [0.2, 0.25) is 0 Å². The van der Waals surface area contributed by atoms with Crippen LogP contribution in [0.3, 0.4) is 0 Å². The maximum absolute atomic E-state index is 11.5. The van der Waals surface area contributed by atoms with E-state index in [-0.39, 0.29) is 11.3 Å². The van der Waals surface area contributed by atoms with Gasteiger partial charge in [0.15, 0.2) is 0 Å². The van der Waals surface area contributed by atoms with E-state index in [0.717, 1.165) is 5.71 Å². The fourth-order valence-corrected chi connectivity index (χ4v) is 1.09. The third-order valence-electron chi connectivity index (χ3n) is 1.59. The number of halogens is 1. The van der Waals surface area contributed by atoms with E-state index in [9.17, 15) is 9.90 Å². The van der Waals surface area contributed by atoms with Crippen LogP contribution in [0.5, 0.6) is 5.75 Å². The molecule has 0 fully saturated rings. The second-order valence-corrected chi connectivity index (χ2v) is 3.60. The normalized spacial score (nSPS) is 9.53. The van der Waals surface area contributed by atoms with Crippen molar-refractivity contribution in [2.24, 2.45) is 5.10 Å². The lowest BCUT2D eigenvalue weighted by molar-refractivity contribution is 0.0952. The van der Waals surface area contributed by atoms with Crippen LogP contribution in [0.2, 0.25) is 5.02 Å². The number of phenolic OH excluding ortho intramolecular Hbond substituents is 1. The summed E-state index contributed by atoms with van der Waals surface area (Å²) in [6, 6.07) is 4.27. The summed E-state index contributed by atoms with van der Waals surface area (Å²) in [4.78, 5) is 11.5. The molecule has 0 unspecified atom stereocenters. The summed E-state index contributed by atoms with van der Waals surface area (Å²) in [6.45, 7) is 3.50. The number of hydrogen-bond donors (Lipinski definition) is 2. The molecule has 0 heterocycles. The highest BCUT2D eigenvalue weighted by Gasteiger charge is 2.10. The van der Waals surface area contributed by atoms with E-state index >= 15 is 0 Å². The predicted molar refractivity (Wildman–Crippen MR) is 59.4 cm³/mol. The average Bonchev–Trinajstić information content (AvgIpc) is 2.14. The Kier molecular flexibility index (Phi) is 3.68. The average molecular weight is 227 g/mol. The number of nitrogens with zero attached hydrogens (tertiary/aromatic N) is 1. The predicted octanol–water partition coefficient (Wildman–Crippen LogP) is 2.17. The van der Waals surface area contributed by atoms with Crippen molar-refractivity contribution in [3.05, 3.63) is 28.8 Å². The largest absolute Gasteiger partial charge is 0.507 e. The van der Waals surface area contributed by atoms with E-state index in [1.807, 2.05) is 0 Å². The number of carbonyl (C=O) groups excluding carboxylic acids is 1. The van der Waals surface area contributed by atoms with Crippen LogP contribution >= 0.6 is 11.6 Å². The SMILES string of the molecule is CC(C)=NNC(=O)c1ccc(Cl)cc1O. The van der Waals surface area contributed by atoms with Crippen molar-refractivity contribution in [1.82, 2.24) is 5.43 Å². The molecule has 1 aromatic rings. The van der Waals surface area contributed by atoms with Crippen LogP contribution in [0.15, 0.2) is 23.3 Å². The first-order valence-electron chi connectivity index (χ1n) is 4.30. The van der Waals surface area contributed by atoms with E-state index < -0.39 is 5.91 Å². The van der Waals surface area contributed by atoms with Crippen molar-refractivity contribution in [3.63, 3.8) is 0 Å². The topological polar surface area (TPSA) is 61.7 Å². The van der Waals surface area contributed by atoms with Crippen LogP contribution in [0.1, 0.15) is 24.2 Å². The zero-order valence-corrected chi connectivity index (χ0v) is 9.17. The van der Waals surface area contributed by atoms with Crippen LogP contribution < -0.4 is 5.43 Å². The highest BCUT2D eigenvalue weighted by atomic mass is 35.5. The molecule has 0 radical (unpaired) electrons. The Labute approximate surface area is 92.6 Å². The Balaban J connectivity index is 2.87. The lowest BCUT2D eigenvalue weighted by Crippen LogP contribution is -2.18. The number of aromatic hydroxyl groups is 1. The van der Waals surface area contributed by atoms with Gasteiger partial charge in [-0.2, -0.15) is 5.10 Å². The number of benzene rings is 1. The molecule has 0 saturated heterocycles. The number of hydrogen-bond acceptors (Lipinski definition) is 3. The summed E-state index contributed by atoms with van der Waals surface area (Å²) in [5.41, 5.74) is 3.17. The second kappa shape index (κ2) is 4.79. The minimum absolute atomic E-state index is 0.143. The van der Waals surface area contributed by atoms with Crippen LogP contribution in [0.4, 0.5) is 0 Å². The molecule has 0 atom stereocenters. The number of amides is 1. The Morgan fingerprint density at radius 2 is 2.13 bits per heavy atom. The van der Waals surface area contributed by atoms with Crippen LogP contribution in [-0.2, 0) is 0 Å². The smallest absolute Gasteiger partial charge is 0.275 e. The standard InChI is InChI=1S/C10H11ClN2O2/c1-6(2)12-13-10(15)8-4-3-7(11)5-9(8)14/h3-5,14H,1-2H3,(H,13,15). The highest BCUT2D eigenvalue weighted by Crippen LogP contribution is 2.21. The minimum atomic E-state index is -0.467. The molecule has 1 aromatic carbocycles. The molecule has 4 nitrogen and oxygen atoms in total. The summed E-state index contributed by atoms with van der Waals surface area (Å²) in [7, 11) is 0. The zero-order chi connectivity index (χ0) is 11.4. The van der Waals surface area contributed by atoms with Crippen molar-refractivity contribution >= 4 is 23.2 Å². The van der Waals surface area contributed by atoms with Gasteiger partial charge < -0.3 is 5.11 Å². The van der Waals surface area contributed by atoms with Gasteiger partial charge in [-0.05, 0) is 32.0 Å². The van der Waals surface area contributed by atoms with Gasteiger partial charge in [-0.1, -0.05) is 11.6 Å². The summed E-state index contributed by atoms with van der Waals surface area (Å²) >= 11 is 5.63. The number of hydrazone groups is 1. The maximum atomic E-state index is 11.5. The molecule has 0 aliphatic heterocycles. The van der Waals surface area contributed by atoms with E-state index in [1.165, 1.54) is 18.2 Å². The van der Waals surface area contributed by atoms with Crippen LogP contribution in [0.25, 0.3) is 0 Å². The van der Waals surface area contributed by atoms with Gasteiger partial charge in [0.05, 0.1) is 5.56 Å². The van der Waals surface area contributed by atoms with Gasteiger partial charge in [0.25, 0.3) is 5.91 Å². The third kappa shape index (κ3) is 3.25. The van der Waals surface area contributed by atoms with Crippen molar-refractivity contribution in [1.29, 1.82) is 0 Å². The van der Waals surface area contributed by atoms with Gasteiger partial charge in [0.1, 0.15) is 5.75 Å².